The number of nitrogens with zero attached hydrogens (tertiary/aromatic N) is 1. The third kappa shape index (κ3) is 3.02. The highest BCUT2D eigenvalue weighted by atomic mass is 32.2. The molecular weight excluding hydrogens is 208 g/mol. The second-order valence-corrected chi connectivity index (χ2v) is 5.33. The number of rotatable bonds is 3. The van der Waals surface area contributed by atoms with Gasteiger partial charge in [0.15, 0.2) is 5.17 Å². The number of aliphatic imine (C=N–C) groups is 1. The van der Waals surface area contributed by atoms with Crippen molar-refractivity contribution in [1.29, 1.82) is 0 Å². The predicted molar refractivity (Wildman–Crippen MR) is 64.4 cm³/mol. The van der Waals surface area contributed by atoms with Gasteiger partial charge in [-0.05, 0) is 19.1 Å². The van der Waals surface area contributed by atoms with E-state index in [9.17, 15) is 0 Å². The minimum absolute atomic E-state index is 0.368. The number of amidine groups is 1. The highest BCUT2D eigenvalue weighted by molar-refractivity contribution is 8.14. The summed E-state index contributed by atoms with van der Waals surface area (Å²) >= 11 is 1.81. The third-order valence-electron chi connectivity index (χ3n) is 2.26. The van der Waals surface area contributed by atoms with Crippen LogP contribution in [0.1, 0.15) is 19.6 Å². The lowest BCUT2D eigenvalue weighted by molar-refractivity contribution is 0.482. The standard InChI is InChI=1S/C11H16N2OS/c1-8(6-10-4-3-5-14-10)13-11-12-7-9(2)15-11/h3-5,8-9H,6-7H2,1-2H3,(H,12,13). The van der Waals surface area contributed by atoms with Gasteiger partial charge in [-0.3, -0.25) is 4.99 Å². The van der Waals surface area contributed by atoms with Gasteiger partial charge in [0, 0.05) is 17.7 Å². The minimum atomic E-state index is 0.368. The van der Waals surface area contributed by atoms with Gasteiger partial charge in [0.1, 0.15) is 5.76 Å². The van der Waals surface area contributed by atoms with E-state index in [1.165, 1.54) is 0 Å². The molecule has 0 radical (unpaired) electrons. The molecule has 1 aromatic rings. The van der Waals surface area contributed by atoms with Crippen LogP contribution in [-0.2, 0) is 6.42 Å². The summed E-state index contributed by atoms with van der Waals surface area (Å²) in [5.74, 6) is 1.02. The van der Waals surface area contributed by atoms with Crippen LogP contribution in [-0.4, -0.2) is 23.0 Å². The van der Waals surface area contributed by atoms with Gasteiger partial charge in [-0.25, -0.2) is 0 Å². The maximum atomic E-state index is 5.30. The van der Waals surface area contributed by atoms with Gasteiger partial charge in [-0.1, -0.05) is 18.7 Å². The lowest BCUT2D eigenvalue weighted by atomic mass is 10.2. The van der Waals surface area contributed by atoms with Crippen LogP contribution in [0.4, 0.5) is 0 Å². The van der Waals surface area contributed by atoms with E-state index in [1.54, 1.807) is 6.26 Å². The normalized spacial score (nSPS) is 22.5. The van der Waals surface area contributed by atoms with Crippen LogP contribution in [0.25, 0.3) is 0 Å². The van der Waals surface area contributed by atoms with Crippen LogP contribution in [0, 0.1) is 0 Å². The summed E-state index contributed by atoms with van der Waals surface area (Å²) in [6, 6.07) is 4.30. The summed E-state index contributed by atoms with van der Waals surface area (Å²) in [6.07, 6.45) is 2.62. The Labute approximate surface area is 94.3 Å². The molecule has 15 heavy (non-hydrogen) atoms. The highest BCUT2D eigenvalue weighted by Gasteiger charge is 2.16. The first-order valence-electron chi connectivity index (χ1n) is 5.24. The molecule has 4 heteroatoms. The smallest absolute Gasteiger partial charge is 0.157 e. The lowest BCUT2D eigenvalue weighted by Crippen LogP contribution is -2.31. The molecule has 82 valence electrons. The molecule has 1 N–H and O–H groups in total. The van der Waals surface area contributed by atoms with Crippen LogP contribution in [0.5, 0.6) is 0 Å². The number of nitrogens with one attached hydrogen (secondary N) is 1. The summed E-state index contributed by atoms with van der Waals surface area (Å²) in [5, 5.41) is 5.09. The van der Waals surface area contributed by atoms with Crippen molar-refractivity contribution in [1.82, 2.24) is 5.32 Å². The molecule has 3 nitrogen and oxygen atoms in total. The molecule has 0 saturated carbocycles. The van der Waals surface area contributed by atoms with Gasteiger partial charge in [-0.2, -0.15) is 0 Å². The second-order valence-electron chi connectivity index (χ2n) is 3.90. The summed E-state index contributed by atoms with van der Waals surface area (Å²) in [5.41, 5.74) is 0. The van der Waals surface area contributed by atoms with Crippen molar-refractivity contribution in [2.24, 2.45) is 4.99 Å². The first-order valence-corrected chi connectivity index (χ1v) is 6.12. The zero-order chi connectivity index (χ0) is 10.7. The largest absolute Gasteiger partial charge is 0.469 e. The first-order chi connectivity index (χ1) is 7.24. The topological polar surface area (TPSA) is 37.5 Å². The average Bonchev–Trinajstić information content (AvgIpc) is 2.77. The molecule has 1 aromatic heterocycles. The highest BCUT2D eigenvalue weighted by Crippen LogP contribution is 2.19. The zero-order valence-electron chi connectivity index (χ0n) is 9.06. The Bertz CT molecular complexity index is 334. The molecule has 0 aromatic carbocycles. The van der Waals surface area contributed by atoms with Gasteiger partial charge in [0.2, 0.25) is 0 Å². The summed E-state index contributed by atoms with van der Waals surface area (Å²) in [4.78, 5) is 4.42. The van der Waals surface area contributed by atoms with Crippen LogP contribution < -0.4 is 5.32 Å². The van der Waals surface area contributed by atoms with Crippen LogP contribution >= 0.6 is 11.8 Å². The lowest BCUT2D eigenvalue weighted by Gasteiger charge is -2.13. The molecule has 2 rings (SSSR count). The Kier molecular flexibility index (Phi) is 3.36. The summed E-state index contributed by atoms with van der Waals surface area (Å²) in [7, 11) is 0. The fourth-order valence-corrected chi connectivity index (χ4v) is 2.50. The Morgan fingerprint density at radius 1 is 1.73 bits per heavy atom. The van der Waals surface area contributed by atoms with Crippen molar-refractivity contribution < 1.29 is 4.42 Å². The Morgan fingerprint density at radius 3 is 3.20 bits per heavy atom. The monoisotopic (exact) mass is 224 g/mol. The molecule has 2 atom stereocenters. The molecule has 1 aliphatic heterocycles. The van der Waals surface area contributed by atoms with E-state index in [0.717, 1.165) is 23.9 Å². The molecule has 0 fully saturated rings. The van der Waals surface area contributed by atoms with E-state index in [-0.39, 0.29) is 0 Å². The first kappa shape index (κ1) is 10.6. The van der Waals surface area contributed by atoms with Crippen LogP contribution in [0.15, 0.2) is 27.8 Å². The number of hydrogen-bond donors (Lipinski definition) is 1. The molecule has 0 saturated heterocycles. The van der Waals surface area contributed by atoms with E-state index in [2.05, 4.69) is 24.2 Å². The Balaban J connectivity index is 1.80. The fourth-order valence-electron chi connectivity index (χ4n) is 1.55. The predicted octanol–water partition coefficient (Wildman–Crippen LogP) is 2.29. The molecular formula is C11H16N2OS. The van der Waals surface area contributed by atoms with E-state index >= 15 is 0 Å². The average molecular weight is 224 g/mol. The quantitative estimate of drug-likeness (QED) is 0.856. The maximum absolute atomic E-state index is 5.30. The third-order valence-corrected chi connectivity index (χ3v) is 3.28. The maximum Gasteiger partial charge on any atom is 0.157 e. The molecule has 2 heterocycles. The molecule has 0 aliphatic carbocycles. The van der Waals surface area contributed by atoms with Gasteiger partial charge in [0.25, 0.3) is 0 Å². The van der Waals surface area contributed by atoms with Gasteiger partial charge in [0.05, 0.1) is 12.8 Å². The SMILES string of the molecule is CC(Cc1ccco1)NC1=NCC(C)S1. The molecule has 2 unspecified atom stereocenters. The molecule has 0 bridgehead atoms. The zero-order valence-corrected chi connectivity index (χ0v) is 9.88. The number of thioether (sulfide) groups is 1. The van der Waals surface area contributed by atoms with E-state index in [0.29, 0.717) is 11.3 Å². The summed E-state index contributed by atoms with van der Waals surface area (Å²) < 4.78 is 5.30. The number of hydrogen-bond acceptors (Lipinski definition) is 4. The van der Waals surface area contributed by atoms with E-state index < -0.39 is 0 Å². The van der Waals surface area contributed by atoms with Crippen molar-refractivity contribution in [2.75, 3.05) is 6.54 Å². The minimum Gasteiger partial charge on any atom is -0.469 e. The van der Waals surface area contributed by atoms with Gasteiger partial charge < -0.3 is 9.73 Å². The van der Waals surface area contributed by atoms with Crippen molar-refractivity contribution in [3.8, 4) is 0 Å². The fraction of sp³-hybridized carbons (Fsp3) is 0.545. The molecule has 0 spiro atoms. The van der Waals surface area contributed by atoms with Crippen molar-refractivity contribution in [2.45, 2.75) is 31.6 Å². The summed E-state index contributed by atoms with van der Waals surface area (Å²) in [6.45, 7) is 5.27. The van der Waals surface area contributed by atoms with Crippen molar-refractivity contribution in [3.05, 3.63) is 24.2 Å². The van der Waals surface area contributed by atoms with Crippen molar-refractivity contribution in [3.63, 3.8) is 0 Å². The molecule has 1 aliphatic rings. The second kappa shape index (κ2) is 4.75. The van der Waals surface area contributed by atoms with Gasteiger partial charge >= 0.3 is 0 Å². The Hall–Kier alpha value is -0.900. The van der Waals surface area contributed by atoms with Gasteiger partial charge in [-0.15, -0.1) is 0 Å². The number of furan rings is 1. The van der Waals surface area contributed by atoms with Crippen LogP contribution in [0.2, 0.25) is 0 Å². The molecule has 0 amide bonds. The van der Waals surface area contributed by atoms with Crippen molar-refractivity contribution >= 4 is 16.9 Å². The van der Waals surface area contributed by atoms with Crippen LogP contribution in [0.3, 0.4) is 0 Å². The Morgan fingerprint density at radius 2 is 2.60 bits per heavy atom. The van der Waals surface area contributed by atoms with E-state index in [1.807, 2.05) is 23.9 Å². The van der Waals surface area contributed by atoms with E-state index in [4.69, 9.17) is 4.42 Å².